The Kier molecular flexibility index (Phi) is 6.12. The second-order valence-corrected chi connectivity index (χ2v) is 15.2. The molecule has 8 nitrogen and oxygen atoms in total. The lowest BCUT2D eigenvalue weighted by molar-refractivity contribution is -0.445. The molecule has 0 aliphatic carbocycles. The summed E-state index contributed by atoms with van der Waals surface area (Å²) in [5.41, 5.74) is 8.85. The first-order valence-electron chi connectivity index (χ1n) is 15.8. The van der Waals surface area contributed by atoms with Crippen LogP contribution in [0.4, 0.5) is 11.4 Å². The van der Waals surface area contributed by atoms with Crippen molar-refractivity contribution >= 4 is 43.9 Å². The maximum absolute atomic E-state index is 11.9. The fourth-order valence-corrected chi connectivity index (χ4v) is 9.53. The van der Waals surface area contributed by atoms with Gasteiger partial charge in [-0.1, -0.05) is 24.3 Å². The average molecular weight is 626 g/mol. The van der Waals surface area contributed by atoms with E-state index in [1.807, 2.05) is 12.1 Å². The van der Waals surface area contributed by atoms with Gasteiger partial charge in [-0.3, -0.25) is 9.35 Å². The number of nitrogens with zero attached hydrogens (tertiary/aromatic N) is 2. The van der Waals surface area contributed by atoms with Crippen LogP contribution >= 0.6 is 0 Å². The quantitative estimate of drug-likeness (QED) is 0.255. The maximum atomic E-state index is 11.9. The molecule has 0 aromatic heterocycles. The smallest absolute Gasteiger partial charge is 0.303 e. The summed E-state index contributed by atoms with van der Waals surface area (Å²) < 4.78 is 42.9. The van der Waals surface area contributed by atoms with Crippen molar-refractivity contribution < 1.29 is 32.2 Å². The van der Waals surface area contributed by atoms with Gasteiger partial charge in [0.15, 0.2) is 12.3 Å². The zero-order chi connectivity index (χ0) is 31.5. The Labute approximate surface area is 263 Å². The van der Waals surface area contributed by atoms with Crippen LogP contribution in [0.1, 0.15) is 64.0 Å². The maximum Gasteiger partial charge on any atom is 0.303 e. The van der Waals surface area contributed by atoms with Gasteiger partial charge in [-0.2, -0.15) is 13.0 Å². The lowest BCUT2D eigenvalue weighted by atomic mass is 9.71. The predicted octanol–water partition coefficient (Wildman–Crippen LogP) is 6.25. The number of para-hydroxylation sites is 1. The first-order valence-corrected chi connectivity index (χ1v) is 17.2. The Balaban J connectivity index is 1.29. The van der Waals surface area contributed by atoms with Crippen molar-refractivity contribution in [2.75, 3.05) is 18.0 Å². The van der Waals surface area contributed by atoms with Crippen LogP contribution in [0.2, 0.25) is 0 Å². The van der Waals surface area contributed by atoms with Gasteiger partial charge in [-0.25, -0.2) is 0 Å². The van der Waals surface area contributed by atoms with Crippen molar-refractivity contribution in [2.45, 2.75) is 80.8 Å². The number of hydrogen-bond donors (Lipinski definition) is 2. The van der Waals surface area contributed by atoms with E-state index in [0.29, 0.717) is 6.42 Å². The Morgan fingerprint density at radius 1 is 1.07 bits per heavy atom. The summed E-state index contributed by atoms with van der Waals surface area (Å²) in [5.74, 6) is -0.768. The largest absolute Gasteiger partial charge is 0.481 e. The molecule has 3 aromatic rings. The number of fused-ring (bicyclic) bond motifs is 10. The molecule has 5 aliphatic heterocycles. The Hall–Kier alpha value is -3.79. The van der Waals surface area contributed by atoms with Crippen LogP contribution in [0.3, 0.4) is 0 Å². The summed E-state index contributed by atoms with van der Waals surface area (Å²) in [6.07, 6.45) is 5.59. The Bertz CT molecular complexity index is 2040. The number of aliphatic carboxylic acids is 1. The third-order valence-electron chi connectivity index (χ3n) is 10.8. The molecule has 232 valence electrons. The highest BCUT2D eigenvalue weighted by Gasteiger charge is 2.55. The standard InChI is InChI=1S/C36H36N2O6S/c1-35(2)32-23-12-11-22(45(41,42)43)19-21(23)10-13-28(32)38-18-15-29-24(33(35)38)20-25-30(44-29)14-17-37-27-8-5-4-7-26(27)36(3,34(25)37)16-6-9-31(39)40/h4-5,7-8,10-13,19-20,29-30H,6,9,14-18H2,1-3H3,(H-,39,40,41,42,43)/p+1. The van der Waals surface area contributed by atoms with E-state index in [1.54, 1.807) is 6.07 Å². The first-order chi connectivity index (χ1) is 21.4. The van der Waals surface area contributed by atoms with Crippen molar-refractivity contribution in [2.24, 2.45) is 0 Å². The number of ether oxygens (including phenoxy) is 1. The molecule has 0 amide bonds. The first kappa shape index (κ1) is 28.7. The van der Waals surface area contributed by atoms with E-state index in [-0.39, 0.29) is 28.9 Å². The van der Waals surface area contributed by atoms with Crippen LogP contribution < -0.4 is 4.90 Å². The molecule has 5 heterocycles. The highest BCUT2D eigenvalue weighted by Crippen LogP contribution is 2.56. The number of carboxylic acid groups (broad SMARTS) is 1. The van der Waals surface area contributed by atoms with Gasteiger partial charge in [0.25, 0.3) is 10.1 Å². The number of anilines is 1. The van der Waals surface area contributed by atoms with Crippen molar-refractivity contribution in [3.05, 3.63) is 88.6 Å². The van der Waals surface area contributed by atoms with E-state index >= 15 is 0 Å². The number of carboxylic acids is 1. The minimum absolute atomic E-state index is 0.0168. The zero-order valence-electron chi connectivity index (χ0n) is 25.7. The van der Waals surface area contributed by atoms with Crippen LogP contribution in [-0.4, -0.2) is 59.6 Å². The van der Waals surface area contributed by atoms with Crippen LogP contribution in [0.25, 0.3) is 10.8 Å². The summed E-state index contributed by atoms with van der Waals surface area (Å²) in [7, 11) is -4.31. The molecule has 0 saturated carbocycles. The molecule has 9 heteroatoms. The summed E-state index contributed by atoms with van der Waals surface area (Å²) >= 11 is 0. The SMILES string of the molecule is CC1(C)C2=[N+](CCC3OC4CCN5C(=C4C=C23)C(C)(CCCC(=O)O)c2ccccc25)c2ccc3cc(S(=O)(=O)O)ccc3c21. The molecule has 0 fully saturated rings. The van der Waals surface area contributed by atoms with Crippen LogP contribution in [0.5, 0.6) is 0 Å². The molecule has 0 radical (unpaired) electrons. The summed E-state index contributed by atoms with van der Waals surface area (Å²) in [6.45, 7) is 8.43. The molecule has 2 N–H and O–H groups in total. The molecular weight excluding hydrogens is 588 g/mol. The van der Waals surface area contributed by atoms with Crippen molar-refractivity contribution in [3.63, 3.8) is 0 Å². The van der Waals surface area contributed by atoms with Gasteiger partial charge in [-0.15, -0.1) is 0 Å². The second-order valence-electron chi connectivity index (χ2n) is 13.8. The lowest BCUT2D eigenvalue weighted by Crippen LogP contribution is -2.47. The van der Waals surface area contributed by atoms with Crippen molar-refractivity contribution in [1.82, 2.24) is 0 Å². The number of benzene rings is 3. The summed E-state index contributed by atoms with van der Waals surface area (Å²) in [5, 5.41) is 11.2. The Morgan fingerprint density at radius 3 is 2.64 bits per heavy atom. The van der Waals surface area contributed by atoms with Crippen LogP contribution in [0, 0.1) is 0 Å². The minimum Gasteiger partial charge on any atom is -0.481 e. The van der Waals surface area contributed by atoms with Gasteiger partial charge in [0.05, 0.1) is 22.5 Å². The number of rotatable bonds is 5. The predicted molar refractivity (Wildman–Crippen MR) is 172 cm³/mol. The molecule has 3 atom stereocenters. The third kappa shape index (κ3) is 4.06. The zero-order valence-corrected chi connectivity index (χ0v) is 26.5. The van der Waals surface area contributed by atoms with Crippen molar-refractivity contribution in [1.29, 1.82) is 0 Å². The molecule has 3 unspecified atom stereocenters. The third-order valence-corrected chi connectivity index (χ3v) is 11.7. The molecule has 8 rings (SSSR count). The van der Waals surface area contributed by atoms with Gasteiger partial charge in [0.1, 0.15) is 0 Å². The molecule has 3 aromatic carbocycles. The molecule has 5 aliphatic rings. The van der Waals surface area contributed by atoms with Gasteiger partial charge in [0.2, 0.25) is 5.69 Å². The summed E-state index contributed by atoms with van der Waals surface area (Å²) in [6, 6.07) is 17.4. The van der Waals surface area contributed by atoms with E-state index in [1.165, 1.54) is 39.9 Å². The number of hydrogen-bond acceptors (Lipinski definition) is 5. The molecule has 0 bridgehead atoms. The fraction of sp³-hybridized carbons (Fsp3) is 0.389. The summed E-state index contributed by atoms with van der Waals surface area (Å²) in [4.78, 5) is 13.8. The Morgan fingerprint density at radius 2 is 1.87 bits per heavy atom. The van der Waals surface area contributed by atoms with Gasteiger partial charge in [-0.05, 0) is 86.7 Å². The number of carbonyl (C=O) groups is 1. The van der Waals surface area contributed by atoms with E-state index in [9.17, 15) is 22.9 Å². The molecule has 45 heavy (non-hydrogen) atoms. The van der Waals surface area contributed by atoms with E-state index in [0.717, 1.165) is 54.4 Å². The topological polar surface area (TPSA) is 107 Å². The van der Waals surface area contributed by atoms with E-state index < -0.39 is 21.5 Å². The van der Waals surface area contributed by atoms with Gasteiger partial charge >= 0.3 is 5.97 Å². The number of allylic oxidation sites excluding steroid dienone is 1. The monoisotopic (exact) mass is 625 g/mol. The van der Waals surface area contributed by atoms with Crippen LogP contribution in [0.15, 0.2) is 82.4 Å². The van der Waals surface area contributed by atoms with Crippen molar-refractivity contribution in [3.8, 4) is 0 Å². The second kappa shape index (κ2) is 9.61. The fourth-order valence-electron chi connectivity index (χ4n) is 9.02. The normalized spacial score (nSPS) is 26.1. The van der Waals surface area contributed by atoms with E-state index in [2.05, 4.69) is 66.7 Å². The molecule has 0 spiro atoms. The minimum atomic E-state index is -4.31. The molecule has 0 saturated heterocycles. The highest BCUT2D eigenvalue weighted by atomic mass is 32.2. The lowest BCUT2D eigenvalue weighted by Gasteiger charge is -2.43. The van der Waals surface area contributed by atoms with E-state index in [4.69, 9.17) is 4.74 Å². The van der Waals surface area contributed by atoms with Gasteiger partial charge < -0.3 is 14.7 Å². The van der Waals surface area contributed by atoms with Crippen LogP contribution in [-0.2, 0) is 30.5 Å². The molecular formula is C36H37N2O6S+. The average Bonchev–Trinajstić information content (AvgIpc) is 3.40. The van der Waals surface area contributed by atoms with Gasteiger partial charge in [0, 0.05) is 59.0 Å². The highest BCUT2D eigenvalue weighted by molar-refractivity contribution is 7.85.